The topological polar surface area (TPSA) is 189 Å². The predicted molar refractivity (Wildman–Crippen MR) is 238 cm³/mol. The number of carbonyl (C=O) groups excluding carboxylic acids is 1. The molecule has 1 heterocycles. The van der Waals surface area contributed by atoms with Crippen LogP contribution in [0.25, 0.3) is 0 Å². The molecule has 9 unspecified atom stereocenters. The number of aliphatic hydroxyl groups excluding tert-OH is 7. The van der Waals surface area contributed by atoms with Crippen molar-refractivity contribution in [2.75, 3.05) is 13.2 Å². The van der Waals surface area contributed by atoms with Gasteiger partial charge in [-0.15, -0.1) is 0 Å². The SMILES string of the molecule is CCCCCCCCCCC/C=C\C/C=C\CCCCCCCCCCCCCCCCC(O)C(=O)NC(COC1OC(CO)C(O)C(O)C1O)C(O)C(O)CCCC. The van der Waals surface area contributed by atoms with E-state index in [4.69, 9.17) is 9.47 Å². The first kappa shape index (κ1) is 55.6. The summed E-state index contributed by atoms with van der Waals surface area (Å²) in [6.45, 7) is 3.16. The summed E-state index contributed by atoms with van der Waals surface area (Å²) in [5, 5.41) is 74.4. The molecule has 0 radical (unpaired) electrons. The Morgan fingerprint density at radius 3 is 1.53 bits per heavy atom. The van der Waals surface area contributed by atoms with Gasteiger partial charge in [0, 0.05) is 0 Å². The molecule has 11 nitrogen and oxygen atoms in total. The number of unbranched alkanes of at least 4 members (excludes halogenated alkanes) is 24. The van der Waals surface area contributed by atoms with Gasteiger partial charge in [-0.3, -0.25) is 4.79 Å². The summed E-state index contributed by atoms with van der Waals surface area (Å²) in [5.74, 6) is -0.709. The average Bonchev–Trinajstić information content (AvgIpc) is 3.24. The van der Waals surface area contributed by atoms with Crippen LogP contribution in [-0.2, 0) is 14.3 Å². The highest BCUT2D eigenvalue weighted by atomic mass is 16.7. The third-order valence-electron chi connectivity index (χ3n) is 11.8. The lowest BCUT2D eigenvalue weighted by Crippen LogP contribution is -2.60. The van der Waals surface area contributed by atoms with Crippen molar-refractivity contribution >= 4 is 5.91 Å². The average molecular weight is 842 g/mol. The number of ether oxygens (including phenoxy) is 2. The first-order valence-electron chi connectivity index (χ1n) is 24.2. The molecule has 1 saturated heterocycles. The van der Waals surface area contributed by atoms with E-state index >= 15 is 0 Å². The predicted octanol–water partition coefficient (Wildman–Crippen LogP) is 8.23. The summed E-state index contributed by atoms with van der Waals surface area (Å²) < 4.78 is 10.9. The molecule has 1 aliphatic rings. The van der Waals surface area contributed by atoms with Crippen molar-refractivity contribution in [1.29, 1.82) is 0 Å². The summed E-state index contributed by atoms with van der Waals surface area (Å²) >= 11 is 0. The van der Waals surface area contributed by atoms with Gasteiger partial charge in [0.25, 0.3) is 0 Å². The Labute approximate surface area is 359 Å². The van der Waals surface area contributed by atoms with Gasteiger partial charge in [-0.1, -0.05) is 186 Å². The lowest BCUT2D eigenvalue weighted by atomic mass is 9.99. The van der Waals surface area contributed by atoms with Crippen LogP contribution in [0.4, 0.5) is 0 Å². The molecule has 0 aliphatic carbocycles. The molecule has 0 spiro atoms. The summed E-state index contributed by atoms with van der Waals surface area (Å²) in [6, 6.07) is -1.16. The second-order valence-corrected chi connectivity index (χ2v) is 17.2. The van der Waals surface area contributed by atoms with Crippen molar-refractivity contribution in [3.63, 3.8) is 0 Å². The highest BCUT2D eigenvalue weighted by molar-refractivity contribution is 5.80. The van der Waals surface area contributed by atoms with E-state index < -0.39 is 74.2 Å². The zero-order valence-electron chi connectivity index (χ0n) is 37.5. The Morgan fingerprint density at radius 2 is 1.05 bits per heavy atom. The molecule has 1 fully saturated rings. The number of hydrogen-bond acceptors (Lipinski definition) is 10. The monoisotopic (exact) mass is 842 g/mol. The van der Waals surface area contributed by atoms with Gasteiger partial charge in [0.05, 0.1) is 25.4 Å². The zero-order valence-corrected chi connectivity index (χ0v) is 37.5. The Kier molecular flexibility index (Phi) is 36.1. The van der Waals surface area contributed by atoms with Gasteiger partial charge in [0.1, 0.15) is 36.6 Å². The Bertz CT molecular complexity index is 1010. The molecule has 0 aromatic heterocycles. The Morgan fingerprint density at radius 1 is 0.593 bits per heavy atom. The van der Waals surface area contributed by atoms with Gasteiger partial charge in [0.2, 0.25) is 5.91 Å². The molecule has 1 amide bonds. The molecule has 9 atom stereocenters. The van der Waals surface area contributed by atoms with Crippen LogP contribution in [0, 0.1) is 0 Å². The van der Waals surface area contributed by atoms with Crippen molar-refractivity contribution in [1.82, 2.24) is 5.32 Å². The summed E-state index contributed by atoms with van der Waals surface area (Å²) in [7, 11) is 0. The fourth-order valence-corrected chi connectivity index (χ4v) is 7.69. The fraction of sp³-hybridized carbons (Fsp3) is 0.896. The van der Waals surface area contributed by atoms with Crippen LogP contribution in [0.5, 0.6) is 0 Å². The van der Waals surface area contributed by atoms with Gasteiger partial charge in [-0.25, -0.2) is 0 Å². The fourth-order valence-electron chi connectivity index (χ4n) is 7.69. The minimum atomic E-state index is -1.66. The first-order chi connectivity index (χ1) is 28.7. The van der Waals surface area contributed by atoms with Crippen LogP contribution < -0.4 is 5.32 Å². The van der Waals surface area contributed by atoms with Crippen LogP contribution in [-0.4, -0.2) is 110 Å². The van der Waals surface area contributed by atoms with E-state index in [0.717, 1.165) is 32.1 Å². The summed E-state index contributed by atoms with van der Waals surface area (Å²) in [6.07, 6.45) is 32.7. The molecular weight excluding hydrogens is 751 g/mol. The molecule has 0 saturated carbocycles. The largest absolute Gasteiger partial charge is 0.394 e. The number of nitrogens with one attached hydrogen (secondary N) is 1. The lowest BCUT2D eigenvalue weighted by molar-refractivity contribution is -0.303. The minimum Gasteiger partial charge on any atom is -0.394 e. The normalized spacial score (nSPS) is 21.9. The van der Waals surface area contributed by atoms with Crippen LogP contribution in [0.3, 0.4) is 0 Å². The smallest absolute Gasteiger partial charge is 0.249 e. The second-order valence-electron chi connectivity index (χ2n) is 17.2. The van der Waals surface area contributed by atoms with Crippen LogP contribution in [0.1, 0.15) is 206 Å². The molecular formula is C48H91NO10. The maximum absolute atomic E-state index is 12.9. The minimum absolute atomic E-state index is 0.258. The van der Waals surface area contributed by atoms with E-state index in [2.05, 4.69) is 36.5 Å². The van der Waals surface area contributed by atoms with Crippen molar-refractivity contribution in [3.8, 4) is 0 Å². The van der Waals surface area contributed by atoms with E-state index in [1.54, 1.807) is 0 Å². The summed E-state index contributed by atoms with van der Waals surface area (Å²) in [5.41, 5.74) is 0. The van der Waals surface area contributed by atoms with Gasteiger partial charge >= 0.3 is 0 Å². The van der Waals surface area contributed by atoms with Crippen LogP contribution in [0.15, 0.2) is 24.3 Å². The van der Waals surface area contributed by atoms with Crippen molar-refractivity contribution in [3.05, 3.63) is 24.3 Å². The molecule has 0 aromatic rings. The van der Waals surface area contributed by atoms with Gasteiger partial charge < -0.3 is 50.5 Å². The second kappa shape index (κ2) is 38.3. The zero-order chi connectivity index (χ0) is 43.4. The maximum Gasteiger partial charge on any atom is 0.249 e. The van der Waals surface area contributed by atoms with Crippen molar-refractivity contribution in [2.24, 2.45) is 0 Å². The van der Waals surface area contributed by atoms with Crippen molar-refractivity contribution < 1.29 is 50.0 Å². The van der Waals surface area contributed by atoms with E-state index in [-0.39, 0.29) is 12.8 Å². The van der Waals surface area contributed by atoms with E-state index in [1.165, 1.54) is 135 Å². The van der Waals surface area contributed by atoms with Crippen LogP contribution >= 0.6 is 0 Å². The highest BCUT2D eigenvalue weighted by Crippen LogP contribution is 2.23. The molecule has 59 heavy (non-hydrogen) atoms. The number of hydrogen-bond donors (Lipinski definition) is 8. The van der Waals surface area contributed by atoms with Crippen LogP contribution in [0.2, 0.25) is 0 Å². The van der Waals surface area contributed by atoms with E-state index in [1.807, 2.05) is 6.92 Å². The molecule has 348 valence electrons. The number of rotatable bonds is 40. The molecule has 1 aliphatic heterocycles. The van der Waals surface area contributed by atoms with Gasteiger partial charge in [-0.05, 0) is 44.9 Å². The number of aliphatic hydroxyl groups is 7. The van der Waals surface area contributed by atoms with Gasteiger partial charge in [0.15, 0.2) is 6.29 Å². The highest BCUT2D eigenvalue weighted by Gasteiger charge is 2.44. The standard InChI is InChI=1S/C48H91NO10/c1-3-5-7-8-9-10-11-12-13-14-15-16-17-18-19-20-21-22-23-24-25-26-27-28-29-30-31-32-33-34-36-41(52)47(57)49-39(43(53)40(51)35-6-4-2)38-58-48-46(56)45(55)44(54)42(37-50)59-48/h15-16,18-19,39-46,48,50-56H,3-14,17,20-38H2,1-2H3,(H,49,57)/b16-15-,19-18-. The quantitative estimate of drug-likeness (QED) is 0.0221. The lowest BCUT2D eigenvalue weighted by Gasteiger charge is -2.40. The maximum atomic E-state index is 12.9. The van der Waals surface area contributed by atoms with E-state index in [9.17, 15) is 40.5 Å². The Balaban J connectivity index is 2.08. The molecule has 0 bridgehead atoms. The first-order valence-corrected chi connectivity index (χ1v) is 24.2. The van der Waals surface area contributed by atoms with Gasteiger partial charge in [-0.2, -0.15) is 0 Å². The number of amides is 1. The summed E-state index contributed by atoms with van der Waals surface area (Å²) in [4.78, 5) is 12.9. The molecule has 1 rings (SSSR count). The molecule has 8 N–H and O–H groups in total. The molecule has 11 heteroatoms. The number of allylic oxidation sites excluding steroid dienone is 4. The van der Waals surface area contributed by atoms with Crippen molar-refractivity contribution in [2.45, 2.75) is 262 Å². The third kappa shape index (κ3) is 28.0. The third-order valence-corrected chi connectivity index (χ3v) is 11.8. The number of carbonyl (C=O) groups is 1. The molecule has 0 aromatic carbocycles. The Hall–Kier alpha value is -1.41. The van der Waals surface area contributed by atoms with E-state index in [0.29, 0.717) is 12.8 Å².